The first kappa shape index (κ1) is 14.5. The number of amides is 1. The summed E-state index contributed by atoms with van der Waals surface area (Å²) < 4.78 is 7.84. The largest absolute Gasteiger partial charge is 0.370 e. The van der Waals surface area contributed by atoms with Crippen LogP contribution in [-0.4, -0.2) is 50.0 Å². The first-order valence-corrected chi connectivity index (χ1v) is 8.45. The fraction of sp³-hybridized carbons (Fsp3) is 0.333. The number of hydrogen-bond acceptors (Lipinski definition) is 5. The third kappa shape index (κ3) is 2.31. The van der Waals surface area contributed by atoms with Gasteiger partial charge in [0, 0.05) is 30.2 Å². The number of piperidine rings is 1. The van der Waals surface area contributed by atoms with Gasteiger partial charge in [0.25, 0.3) is 5.91 Å². The minimum atomic E-state index is 0.0250. The predicted molar refractivity (Wildman–Crippen MR) is 89.9 cm³/mol. The summed E-state index contributed by atoms with van der Waals surface area (Å²) in [7, 11) is 0. The van der Waals surface area contributed by atoms with Crippen LogP contribution in [0.1, 0.15) is 28.5 Å². The maximum absolute atomic E-state index is 13.2. The van der Waals surface area contributed by atoms with Crippen molar-refractivity contribution in [2.45, 2.75) is 25.2 Å². The van der Waals surface area contributed by atoms with E-state index in [1.165, 1.54) is 0 Å². The molecule has 126 valence electrons. The van der Waals surface area contributed by atoms with E-state index >= 15 is 0 Å². The van der Waals surface area contributed by atoms with Crippen LogP contribution >= 0.6 is 0 Å². The molecule has 25 heavy (non-hydrogen) atoms. The molecule has 1 aromatic carbocycles. The van der Waals surface area contributed by atoms with Crippen LogP contribution in [0.25, 0.3) is 10.9 Å². The second-order valence-electron chi connectivity index (χ2n) is 6.50. The number of carbonyl (C=O) groups is 1. The highest BCUT2D eigenvalue weighted by molar-refractivity contribution is 6.06. The zero-order valence-electron chi connectivity index (χ0n) is 13.6. The quantitative estimate of drug-likeness (QED) is 0.678. The van der Waals surface area contributed by atoms with Gasteiger partial charge in [-0.15, -0.1) is 5.10 Å². The van der Waals surface area contributed by atoms with Crippen molar-refractivity contribution in [3.8, 4) is 0 Å². The topological polar surface area (TPSA) is 73.1 Å². The minimum Gasteiger partial charge on any atom is -0.370 e. The van der Waals surface area contributed by atoms with E-state index in [4.69, 9.17) is 4.74 Å². The summed E-state index contributed by atoms with van der Waals surface area (Å²) in [5.74, 6) is 0.0317. The van der Waals surface area contributed by atoms with Gasteiger partial charge in [0.1, 0.15) is 0 Å². The van der Waals surface area contributed by atoms with E-state index in [-0.39, 0.29) is 18.1 Å². The third-order valence-corrected chi connectivity index (χ3v) is 5.09. The van der Waals surface area contributed by atoms with Gasteiger partial charge in [-0.25, -0.2) is 4.68 Å². The summed E-state index contributed by atoms with van der Waals surface area (Å²) in [5, 5.41) is 9.07. The molecule has 0 saturated carbocycles. The van der Waals surface area contributed by atoms with Gasteiger partial charge < -0.3 is 9.64 Å². The Hall–Kier alpha value is -2.80. The van der Waals surface area contributed by atoms with Crippen LogP contribution in [0.3, 0.4) is 0 Å². The van der Waals surface area contributed by atoms with Gasteiger partial charge >= 0.3 is 0 Å². The molecular formula is C18H17N5O2. The Balaban J connectivity index is 1.47. The average Bonchev–Trinajstić information content (AvgIpc) is 3.16. The second-order valence-corrected chi connectivity index (χ2v) is 6.50. The van der Waals surface area contributed by atoms with Crippen LogP contribution in [0.2, 0.25) is 0 Å². The molecule has 3 aromatic rings. The van der Waals surface area contributed by atoms with Crippen molar-refractivity contribution in [2.24, 2.45) is 0 Å². The molecule has 1 fully saturated rings. The molecule has 2 aliphatic heterocycles. The molecule has 1 amide bonds. The van der Waals surface area contributed by atoms with E-state index < -0.39 is 0 Å². The molecule has 7 nitrogen and oxygen atoms in total. The molecule has 4 heterocycles. The SMILES string of the molecule is O=C(c1cccc2ncccc12)N1CC[C@H]2OCc3cnnn3[C@@H]2C1. The summed E-state index contributed by atoms with van der Waals surface area (Å²) in [6.45, 7) is 1.80. The van der Waals surface area contributed by atoms with Gasteiger partial charge in [0.2, 0.25) is 0 Å². The molecule has 2 aliphatic rings. The number of fused-ring (bicyclic) bond motifs is 4. The fourth-order valence-electron chi connectivity index (χ4n) is 3.82. The first-order valence-electron chi connectivity index (χ1n) is 8.45. The summed E-state index contributed by atoms with van der Waals surface area (Å²) in [4.78, 5) is 19.4. The smallest absolute Gasteiger partial charge is 0.254 e. The maximum Gasteiger partial charge on any atom is 0.254 e. The molecule has 7 heteroatoms. The van der Waals surface area contributed by atoms with Crippen LogP contribution in [0.4, 0.5) is 0 Å². The first-order chi connectivity index (χ1) is 12.3. The number of rotatable bonds is 1. The highest BCUT2D eigenvalue weighted by Gasteiger charge is 2.38. The molecule has 2 aromatic heterocycles. The molecule has 0 unspecified atom stereocenters. The number of hydrogen-bond donors (Lipinski definition) is 0. The van der Waals surface area contributed by atoms with E-state index in [0.29, 0.717) is 25.3 Å². The summed E-state index contributed by atoms with van der Waals surface area (Å²) in [5.41, 5.74) is 2.49. The fourth-order valence-corrected chi connectivity index (χ4v) is 3.82. The standard InChI is InChI=1S/C18H17N5O2/c24-18(14-3-1-5-15-13(14)4-2-7-19-15)22-8-6-17-16(10-22)23-12(11-25-17)9-20-21-23/h1-5,7,9,16-17H,6,8,10-11H2/t16-,17-/m1/s1. The zero-order valence-corrected chi connectivity index (χ0v) is 13.6. The number of benzene rings is 1. The van der Waals surface area contributed by atoms with Crippen LogP contribution in [0.5, 0.6) is 0 Å². The number of nitrogens with zero attached hydrogens (tertiary/aromatic N) is 5. The van der Waals surface area contributed by atoms with Crippen molar-refractivity contribution in [3.05, 3.63) is 54.0 Å². The van der Waals surface area contributed by atoms with Crippen molar-refractivity contribution >= 4 is 16.8 Å². The molecule has 0 radical (unpaired) electrons. The van der Waals surface area contributed by atoms with Crippen molar-refractivity contribution in [1.82, 2.24) is 24.9 Å². The minimum absolute atomic E-state index is 0.0250. The lowest BCUT2D eigenvalue weighted by Gasteiger charge is -2.41. The Labute approximate surface area is 144 Å². The van der Waals surface area contributed by atoms with Crippen molar-refractivity contribution in [2.75, 3.05) is 13.1 Å². The predicted octanol–water partition coefficient (Wildman–Crippen LogP) is 1.81. The van der Waals surface area contributed by atoms with E-state index in [9.17, 15) is 4.79 Å². The average molecular weight is 335 g/mol. The Bertz CT molecular complexity index is 948. The van der Waals surface area contributed by atoms with Crippen molar-refractivity contribution in [3.63, 3.8) is 0 Å². The molecule has 0 aliphatic carbocycles. The lowest BCUT2D eigenvalue weighted by atomic mass is 9.99. The number of aromatic nitrogens is 4. The lowest BCUT2D eigenvalue weighted by molar-refractivity contribution is -0.0604. The molecular weight excluding hydrogens is 318 g/mol. The van der Waals surface area contributed by atoms with Gasteiger partial charge in [-0.05, 0) is 24.6 Å². The van der Waals surface area contributed by atoms with Crippen LogP contribution in [-0.2, 0) is 11.3 Å². The van der Waals surface area contributed by atoms with Gasteiger partial charge in [0.15, 0.2) is 0 Å². The monoisotopic (exact) mass is 335 g/mol. The van der Waals surface area contributed by atoms with Crippen LogP contribution in [0, 0.1) is 0 Å². The van der Waals surface area contributed by atoms with Gasteiger partial charge in [-0.1, -0.05) is 17.3 Å². The normalized spacial score (nSPS) is 22.5. The molecule has 0 spiro atoms. The molecule has 2 atom stereocenters. The van der Waals surface area contributed by atoms with Crippen molar-refractivity contribution < 1.29 is 9.53 Å². The molecule has 5 rings (SSSR count). The lowest BCUT2D eigenvalue weighted by Crippen LogP contribution is -2.49. The van der Waals surface area contributed by atoms with Gasteiger partial charge in [-0.3, -0.25) is 9.78 Å². The van der Waals surface area contributed by atoms with Gasteiger partial charge in [0.05, 0.1) is 36.2 Å². The van der Waals surface area contributed by atoms with E-state index in [0.717, 1.165) is 23.0 Å². The third-order valence-electron chi connectivity index (χ3n) is 5.09. The van der Waals surface area contributed by atoms with Crippen molar-refractivity contribution in [1.29, 1.82) is 0 Å². The summed E-state index contributed by atoms with van der Waals surface area (Å²) in [6, 6.07) is 9.51. The summed E-state index contributed by atoms with van der Waals surface area (Å²) >= 11 is 0. The Morgan fingerprint density at radius 3 is 3.16 bits per heavy atom. The second kappa shape index (κ2) is 5.63. The van der Waals surface area contributed by atoms with Crippen LogP contribution < -0.4 is 0 Å². The number of pyridine rings is 1. The van der Waals surface area contributed by atoms with Gasteiger partial charge in [-0.2, -0.15) is 0 Å². The Morgan fingerprint density at radius 1 is 1.24 bits per heavy atom. The number of likely N-dealkylation sites (tertiary alicyclic amines) is 1. The molecule has 1 saturated heterocycles. The highest BCUT2D eigenvalue weighted by atomic mass is 16.5. The molecule has 0 bridgehead atoms. The zero-order chi connectivity index (χ0) is 16.8. The Kier molecular flexibility index (Phi) is 3.27. The number of ether oxygens (including phenoxy) is 1. The van der Waals surface area contributed by atoms with E-state index in [1.807, 2.05) is 39.9 Å². The van der Waals surface area contributed by atoms with E-state index in [1.54, 1.807) is 12.4 Å². The maximum atomic E-state index is 13.2. The highest BCUT2D eigenvalue weighted by Crippen LogP contribution is 2.31. The summed E-state index contributed by atoms with van der Waals surface area (Å²) in [6.07, 6.45) is 4.37. The van der Waals surface area contributed by atoms with E-state index in [2.05, 4.69) is 15.3 Å². The van der Waals surface area contributed by atoms with Crippen LogP contribution in [0.15, 0.2) is 42.7 Å². The molecule has 0 N–H and O–H groups in total. The number of carbonyl (C=O) groups excluding carboxylic acids is 1. The Morgan fingerprint density at radius 2 is 2.20 bits per heavy atom.